The fourth-order valence-electron chi connectivity index (χ4n) is 2.50. The van der Waals surface area contributed by atoms with Crippen LogP contribution >= 0.6 is 0 Å². The van der Waals surface area contributed by atoms with Crippen molar-refractivity contribution in [3.63, 3.8) is 0 Å². The van der Waals surface area contributed by atoms with Crippen LogP contribution in [0.4, 0.5) is 11.5 Å². The van der Waals surface area contributed by atoms with E-state index in [1.165, 1.54) is 0 Å². The second-order valence-electron chi connectivity index (χ2n) is 4.97. The van der Waals surface area contributed by atoms with Crippen molar-refractivity contribution in [3.05, 3.63) is 35.8 Å². The van der Waals surface area contributed by atoms with E-state index < -0.39 is 0 Å². The first kappa shape index (κ1) is 12.7. The number of H-pyrrole nitrogens is 1. The molecule has 0 spiro atoms. The molecule has 0 bridgehead atoms. The van der Waals surface area contributed by atoms with E-state index in [2.05, 4.69) is 15.2 Å². The van der Waals surface area contributed by atoms with Gasteiger partial charge in [0.1, 0.15) is 0 Å². The minimum Gasteiger partial charge on any atom is -0.338 e. The molecule has 6 nitrogen and oxygen atoms in total. The number of fused-ring (bicyclic) bond motifs is 1. The van der Waals surface area contributed by atoms with Gasteiger partial charge in [-0.2, -0.15) is 5.10 Å². The van der Waals surface area contributed by atoms with Gasteiger partial charge >= 0.3 is 0 Å². The Hall–Kier alpha value is -2.37. The highest BCUT2D eigenvalue weighted by Gasteiger charge is 2.25. The van der Waals surface area contributed by atoms with Crippen LogP contribution in [-0.2, 0) is 17.8 Å². The molecule has 0 aliphatic carbocycles. The second kappa shape index (κ2) is 4.96. The van der Waals surface area contributed by atoms with Crippen LogP contribution in [0, 0.1) is 0 Å². The van der Waals surface area contributed by atoms with E-state index in [0.29, 0.717) is 6.54 Å². The molecule has 2 aromatic rings. The summed E-state index contributed by atoms with van der Waals surface area (Å²) in [7, 11) is 1.96. The summed E-state index contributed by atoms with van der Waals surface area (Å²) in [5.74, 6) is 0.964. The van der Waals surface area contributed by atoms with Crippen LogP contribution in [0.3, 0.4) is 0 Å². The van der Waals surface area contributed by atoms with E-state index in [1.54, 1.807) is 19.3 Å². The molecule has 1 aliphatic heterocycles. The summed E-state index contributed by atoms with van der Waals surface area (Å²) in [5, 5.41) is 7.49. The molecular formula is C14H17N5O. The Labute approximate surface area is 117 Å². The van der Waals surface area contributed by atoms with Crippen molar-refractivity contribution in [2.24, 2.45) is 0 Å². The van der Waals surface area contributed by atoms with Gasteiger partial charge in [0.2, 0.25) is 5.91 Å². The maximum absolute atomic E-state index is 11.6. The molecule has 0 radical (unpaired) electrons. The number of rotatable bonds is 2. The Bertz CT molecular complexity index is 622. The van der Waals surface area contributed by atoms with Gasteiger partial charge in [-0.15, -0.1) is 0 Å². The van der Waals surface area contributed by atoms with Crippen LogP contribution in [0.25, 0.3) is 0 Å². The van der Waals surface area contributed by atoms with Crippen molar-refractivity contribution >= 4 is 17.4 Å². The Balaban J connectivity index is 1.93. The topological polar surface area (TPSA) is 65.1 Å². The summed E-state index contributed by atoms with van der Waals surface area (Å²) in [6, 6.07) is 3.88. The van der Waals surface area contributed by atoms with Crippen molar-refractivity contribution in [2.45, 2.75) is 19.9 Å². The first-order valence-corrected chi connectivity index (χ1v) is 6.62. The predicted octanol–water partition coefficient (Wildman–Crippen LogP) is 1.48. The highest BCUT2D eigenvalue weighted by molar-refractivity contribution is 5.74. The number of anilines is 2. The van der Waals surface area contributed by atoms with Gasteiger partial charge in [-0.3, -0.25) is 14.9 Å². The molecule has 104 valence electrons. The molecule has 0 atom stereocenters. The molecule has 3 heterocycles. The summed E-state index contributed by atoms with van der Waals surface area (Å²) in [4.78, 5) is 19.5. The fourth-order valence-corrected chi connectivity index (χ4v) is 2.50. The molecule has 20 heavy (non-hydrogen) atoms. The number of nitrogens with zero attached hydrogens (tertiary/aromatic N) is 4. The molecule has 0 aromatic carbocycles. The second-order valence-corrected chi connectivity index (χ2v) is 4.97. The summed E-state index contributed by atoms with van der Waals surface area (Å²) in [6.07, 6.45) is 4.37. The zero-order valence-electron chi connectivity index (χ0n) is 11.6. The third-order valence-electron chi connectivity index (χ3n) is 3.71. The molecular weight excluding hydrogens is 254 g/mol. The Morgan fingerprint density at radius 2 is 2.35 bits per heavy atom. The van der Waals surface area contributed by atoms with Gasteiger partial charge in [-0.25, -0.2) is 0 Å². The Morgan fingerprint density at radius 1 is 1.50 bits per heavy atom. The lowest BCUT2D eigenvalue weighted by Gasteiger charge is -2.27. The molecule has 1 aliphatic rings. The highest BCUT2D eigenvalue weighted by Crippen LogP contribution is 2.30. The quantitative estimate of drug-likeness (QED) is 0.898. The Morgan fingerprint density at radius 3 is 3.05 bits per heavy atom. The van der Waals surface area contributed by atoms with Crippen LogP contribution in [0.5, 0.6) is 0 Å². The van der Waals surface area contributed by atoms with E-state index in [0.717, 1.165) is 35.7 Å². The fraction of sp³-hybridized carbons (Fsp3) is 0.357. The molecule has 0 fully saturated rings. The maximum atomic E-state index is 11.6. The van der Waals surface area contributed by atoms with Gasteiger partial charge in [-0.1, -0.05) is 0 Å². The summed E-state index contributed by atoms with van der Waals surface area (Å²) < 4.78 is 0. The monoisotopic (exact) mass is 271 g/mol. The van der Waals surface area contributed by atoms with E-state index in [4.69, 9.17) is 0 Å². The van der Waals surface area contributed by atoms with Crippen molar-refractivity contribution in [2.75, 3.05) is 18.5 Å². The van der Waals surface area contributed by atoms with E-state index >= 15 is 0 Å². The predicted molar refractivity (Wildman–Crippen MR) is 75.7 cm³/mol. The van der Waals surface area contributed by atoms with Crippen LogP contribution in [-0.4, -0.2) is 39.6 Å². The van der Waals surface area contributed by atoms with Gasteiger partial charge in [0.15, 0.2) is 5.82 Å². The molecule has 3 rings (SSSR count). The molecule has 0 unspecified atom stereocenters. The smallest absolute Gasteiger partial charge is 0.219 e. The van der Waals surface area contributed by atoms with Gasteiger partial charge in [-0.05, 0) is 12.1 Å². The molecule has 1 N–H and O–H groups in total. The lowest BCUT2D eigenvalue weighted by molar-refractivity contribution is -0.129. The lowest BCUT2D eigenvalue weighted by atomic mass is 10.1. The standard InChI is InChI=1S/C14H17N5O/c1-10(20)19-7-5-13-12(9-19)14(17-16-13)18(2)11-4-3-6-15-8-11/h3-4,6,8H,5,7,9H2,1-2H3,(H,16,17). The number of pyridine rings is 1. The van der Waals surface area contributed by atoms with Crippen LogP contribution in [0.2, 0.25) is 0 Å². The van der Waals surface area contributed by atoms with Gasteiger partial charge in [0.05, 0.1) is 18.4 Å². The SMILES string of the molecule is CC(=O)N1CCc2[nH]nc(N(C)c3cccnc3)c2C1. The average molecular weight is 271 g/mol. The minimum absolute atomic E-state index is 0.104. The van der Waals surface area contributed by atoms with E-state index in [-0.39, 0.29) is 5.91 Å². The summed E-state index contributed by atoms with van der Waals surface area (Å²) >= 11 is 0. The largest absolute Gasteiger partial charge is 0.338 e. The van der Waals surface area contributed by atoms with Crippen molar-refractivity contribution in [1.82, 2.24) is 20.1 Å². The van der Waals surface area contributed by atoms with Crippen LogP contribution < -0.4 is 4.90 Å². The zero-order valence-corrected chi connectivity index (χ0v) is 11.6. The summed E-state index contributed by atoms with van der Waals surface area (Å²) in [6.45, 7) is 2.97. The van der Waals surface area contributed by atoms with E-state index in [9.17, 15) is 4.79 Å². The minimum atomic E-state index is 0.104. The van der Waals surface area contributed by atoms with Crippen molar-refractivity contribution in [3.8, 4) is 0 Å². The first-order valence-electron chi connectivity index (χ1n) is 6.62. The number of amides is 1. The number of carbonyl (C=O) groups is 1. The normalized spacial score (nSPS) is 14.0. The van der Waals surface area contributed by atoms with Crippen LogP contribution in [0.15, 0.2) is 24.5 Å². The van der Waals surface area contributed by atoms with Crippen LogP contribution in [0.1, 0.15) is 18.2 Å². The van der Waals surface area contributed by atoms with Gasteiger partial charge in [0, 0.05) is 44.4 Å². The number of hydrogen-bond acceptors (Lipinski definition) is 4. The third-order valence-corrected chi connectivity index (χ3v) is 3.71. The van der Waals surface area contributed by atoms with Crippen molar-refractivity contribution < 1.29 is 4.79 Å². The molecule has 1 amide bonds. The first-order chi connectivity index (χ1) is 9.66. The number of hydrogen-bond donors (Lipinski definition) is 1. The molecule has 0 saturated carbocycles. The lowest BCUT2D eigenvalue weighted by Crippen LogP contribution is -2.34. The van der Waals surface area contributed by atoms with Gasteiger partial charge in [0.25, 0.3) is 0 Å². The van der Waals surface area contributed by atoms with E-state index in [1.807, 2.05) is 29.0 Å². The highest BCUT2D eigenvalue weighted by atomic mass is 16.2. The Kier molecular flexibility index (Phi) is 3.14. The molecule has 6 heteroatoms. The third kappa shape index (κ3) is 2.13. The average Bonchev–Trinajstić information content (AvgIpc) is 2.90. The number of aromatic nitrogens is 3. The number of aromatic amines is 1. The maximum Gasteiger partial charge on any atom is 0.219 e. The number of carbonyl (C=O) groups excluding carboxylic acids is 1. The van der Waals surface area contributed by atoms with Gasteiger partial charge < -0.3 is 9.80 Å². The van der Waals surface area contributed by atoms with Crippen molar-refractivity contribution in [1.29, 1.82) is 0 Å². The zero-order chi connectivity index (χ0) is 14.1. The number of nitrogens with one attached hydrogen (secondary N) is 1. The molecule has 0 saturated heterocycles. The molecule has 2 aromatic heterocycles. The summed E-state index contributed by atoms with van der Waals surface area (Å²) in [5.41, 5.74) is 3.19.